The number of anilines is 1. The van der Waals surface area contributed by atoms with Gasteiger partial charge in [-0.3, -0.25) is 15.1 Å². The van der Waals surface area contributed by atoms with Crippen LogP contribution in [0.15, 0.2) is 52.4 Å². The van der Waals surface area contributed by atoms with Gasteiger partial charge >= 0.3 is 0 Å². The van der Waals surface area contributed by atoms with Crippen molar-refractivity contribution in [2.45, 2.75) is 20.3 Å². The van der Waals surface area contributed by atoms with Crippen molar-refractivity contribution in [1.82, 2.24) is 15.0 Å². The lowest BCUT2D eigenvalue weighted by Crippen LogP contribution is -2.12. The summed E-state index contributed by atoms with van der Waals surface area (Å²) in [7, 11) is 0. The molecule has 4 rings (SSSR count). The average molecular weight is 408 g/mol. The van der Waals surface area contributed by atoms with E-state index >= 15 is 0 Å². The number of aryl methyl sites for hydroxylation is 2. The molecule has 3 heterocycles. The Balaban J connectivity index is 1.62. The number of halogens is 1. The van der Waals surface area contributed by atoms with Gasteiger partial charge in [0.25, 0.3) is 5.91 Å². The monoisotopic (exact) mass is 408 g/mol. The average Bonchev–Trinajstić information content (AvgIpc) is 3.36. The second kappa shape index (κ2) is 7.92. The van der Waals surface area contributed by atoms with Gasteiger partial charge in [-0.25, -0.2) is 14.4 Å². The summed E-state index contributed by atoms with van der Waals surface area (Å²) < 4.78 is 18.9. The van der Waals surface area contributed by atoms with Crippen LogP contribution in [0.1, 0.15) is 28.9 Å². The molecule has 29 heavy (non-hydrogen) atoms. The molecule has 0 saturated heterocycles. The highest BCUT2D eigenvalue weighted by Crippen LogP contribution is 2.28. The van der Waals surface area contributed by atoms with Crippen molar-refractivity contribution < 1.29 is 13.6 Å². The minimum absolute atomic E-state index is 0.0687. The number of carbonyl (C=O) groups is 1. The van der Waals surface area contributed by atoms with Crippen LogP contribution in [0.2, 0.25) is 0 Å². The molecule has 0 saturated carbocycles. The summed E-state index contributed by atoms with van der Waals surface area (Å²) >= 11 is 1.30. The number of carbonyl (C=O) groups excluding carboxylic acids is 1. The molecule has 0 fully saturated rings. The zero-order valence-corrected chi connectivity index (χ0v) is 16.6. The highest BCUT2D eigenvalue weighted by Gasteiger charge is 2.22. The first-order valence-electron chi connectivity index (χ1n) is 8.99. The number of oxazole rings is 1. The summed E-state index contributed by atoms with van der Waals surface area (Å²) in [5, 5.41) is 5.02. The highest BCUT2D eigenvalue weighted by molar-refractivity contribution is 7.14. The van der Waals surface area contributed by atoms with E-state index in [9.17, 15) is 9.18 Å². The summed E-state index contributed by atoms with van der Waals surface area (Å²) in [5.74, 6) is -0.327. The van der Waals surface area contributed by atoms with E-state index in [1.807, 2.05) is 31.4 Å². The number of nitrogens with one attached hydrogen (secondary N) is 1. The number of nitrogens with zero attached hydrogens (tertiary/aromatic N) is 3. The second-order valence-electron chi connectivity index (χ2n) is 6.31. The molecule has 1 N–H and O–H groups in total. The third kappa shape index (κ3) is 3.93. The van der Waals surface area contributed by atoms with Crippen LogP contribution in [0.25, 0.3) is 22.6 Å². The summed E-state index contributed by atoms with van der Waals surface area (Å²) in [6, 6.07) is 9.58. The van der Waals surface area contributed by atoms with Crippen LogP contribution in [-0.4, -0.2) is 20.9 Å². The van der Waals surface area contributed by atoms with Gasteiger partial charge in [0.1, 0.15) is 17.2 Å². The van der Waals surface area contributed by atoms with E-state index in [1.54, 1.807) is 18.3 Å². The Labute approximate surface area is 170 Å². The lowest BCUT2D eigenvalue weighted by atomic mass is 10.1. The molecule has 0 aliphatic rings. The zero-order chi connectivity index (χ0) is 20.4. The number of aromatic nitrogens is 3. The smallest absolute Gasteiger partial charge is 0.295 e. The number of rotatable bonds is 5. The van der Waals surface area contributed by atoms with Crippen LogP contribution in [0.4, 0.5) is 9.52 Å². The van der Waals surface area contributed by atoms with Crippen molar-refractivity contribution >= 4 is 22.4 Å². The molecule has 0 unspecified atom stereocenters. The predicted molar refractivity (Wildman–Crippen MR) is 109 cm³/mol. The topological polar surface area (TPSA) is 80.9 Å². The number of benzene rings is 1. The fourth-order valence-electron chi connectivity index (χ4n) is 2.82. The summed E-state index contributed by atoms with van der Waals surface area (Å²) in [6.07, 6.45) is 2.23. The standard InChI is InChI=1S/C21H17FN4O2S/c1-3-16-25-18(13-6-8-14(22)9-7-13)19(28-16)20(27)26-21-24-15(11-29-21)17-12(2)5-4-10-23-17/h4-11H,3H2,1-2H3,(H,24,26,27). The minimum atomic E-state index is -0.463. The van der Waals surface area contributed by atoms with E-state index in [0.29, 0.717) is 34.4 Å². The van der Waals surface area contributed by atoms with Crippen LogP contribution in [0.3, 0.4) is 0 Å². The normalized spacial score (nSPS) is 10.9. The fraction of sp³-hybridized carbons (Fsp3) is 0.143. The molecule has 8 heteroatoms. The maximum absolute atomic E-state index is 13.3. The van der Waals surface area contributed by atoms with Gasteiger partial charge in [0.15, 0.2) is 11.0 Å². The largest absolute Gasteiger partial charge is 0.435 e. The fourth-order valence-corrected chi connectivity index (χ4v) is 3.51. The Morgan fingerprint density at radius 2 is 1.97 bits per heavy atom. The maximum Gasteiger partial charge on any atom is 0.295 e. The van der Waals surface area contributed by atoms with E-state index in [4.69, 9.17) is 4.42 Å². The zero-order valence-electron chi connectivity index (χ0n) is 15.8. The number of amides is 1. The Bertz CT molecular complexity index is 1170. The molecule has 1 amide bonds. The Kier molecular flexibility index (Phi) is 5.18. The van der Waals surface area contributed by atoms with E-state index < -0.39 is 5.91 Å². The van der Waals surface area contributed by atoms with Gasteiger partial charge in [-0.2, -0.15) is 0 Å². The van der Waals surface area contributed by atoms with Gasteiger partial charge in [0, 0.05) is 23.6 Å². The number of thiazole rings is 1. The molecular formula is C21H17FN4O2S. The molecule has 0 aliphatic heterocycles. The summed E-state index contributed by atoms with van der Waals surface area (Å²) in [4.78, 5) is 26.0. The molecule has 1 aromatic carbocycles. The molecule has 0 bridgehead atoms. The van der Waals surface area contributed by atoms with E-state index in [2.05, 4.69) is 20.3 Å². The Hall–Kier alpha value is -3.39. The lowest BCUT2D eigenvalue weighted by molar-refractivity contribution is 0.0996. The molecule has 0 aliphatic carbocycles. The first-order valence-corrected chi connectivity index (χ1v) is 9.87. The van der Waals surface area contributed by atoms with Crippen molar-refractivity contribution in [1.29, 1.82) is 0 Å². The minimum Gasteiger partial charge on any atom is -0.435 e. The summed E-state index contributed by atoms with van der Waals surface area (Å²) in [6.45, 7) is 3.83. The van der Waals surface area contributed by atoms with E-state index in [-0.39, 0.29) is 11.6 Å². The van der Waals surface area contributed by atoms with Gasteiger partial charge in [-0.1, -0.05) is 13.0 Å². The van der Waals surface area contributed by atoms with Crippen LogP contribution in [0.5, 0.6) is 0 Å². The quantitative estimate of drug-likeness (QED) is 0.496. The van der Waals surface area contributed by atoms with Crippen molar-refractivity contribution in [2.24, 2.45) is 0 Å². The molecule has 4 aromatic rings. The third-order valence-corrected chi connectivity index (χ3v) is 5.03. The Morgan fingerprint density at radius 3 is 2.69 bits per heavy atom. The summed E-state index contributed by atoms with van der Waals surface area (Å²) in [5.41, 5.74) is 3.43. The van der Waals surface area contributed by atoms with Crippen LogP contribution in [-0.2, 0) is 6.42 Å². The van der Waals surface area contributed by atoms with Crippen molar-refractivity contribution in [3.05, 3.63) is 71.0 Å². The van der Waals surface area contributed by atoms with Crippen molar-refractivity contribution in [2.75, 3.05) is 5.32 Å². The molecule has 0 atom stereocenters. The number of hydrogen-bond acceptors (Lipinski definition) is 6. The van der Waals surface area contributed by atoms with Gasteiger partial charge in [0.2, 0.25) is 5.76 Å². The molecule has 146 valence electrons. The SMILES string of the molecule is CCc1nc(-c2ccc(F)cc2)c(C(=O)Nc2nc(-c3ncccc3C)cs2)o1. The van der Waals surface area contributed by atoms with Crippen molar-refractivity contribution in [3.8, 4) is 22.6 Å². The van der Waals surface area contributed by atoms with Gasteiger partial charge in [-0.05, 0) is 42.8 Å². The predicted octanol–water partition coefficient (Wildman–Crippen LogP) is 5.12. The van der Waals surface area contributed by atoms with Crippen LogP contribution < -0.4 is 5.32 Å². The first kappa shape index (κ1) is 18.9. The van der Waals surface area contributed by atoms with E-state index in [0.717, 1.165) is 11.3 Å². The first-order chi connectivity index (χ1) is 14.0. The number of pyridine rings is 1. The molecule has 3 aromatic heterocycles. The Morgan fingerprint density at radius 1 is 1.17 bits per heavy atom. The second-order valence-corrected chi connectivity index (χ2v) is 7.16. The van der Waals surface area contributed by atoms with Crippen LogP contribution in [0, 0.1) is 12.7 Å². The van der Waals surface area contributed by atoms with Gasteiger partial charge in [-0.15, -0.1) is 11.3 Å². The molecule has 0 radical (unpaired) electrons. The highest BCUT2D eigenvalue weighted by atomic mass is 32.1. The van der Waals surface area contributed by atoms with Gasteiger partial charge in [0.05, 0.1) is 5.69 Å². The molecular weight excluding hydrogens is 391 g/mol. The molecule has 0 spiro atoms. The van der Waals surface area contributed by atoms with Gasteiger partial charge < -0.3 is 4.42 Å². The lowest BCUT2D eigenvalue weighted by Gasteiger charge is -2.02. The molecule has 6 nitrogen and oxygen atoms in total. The third-order valence-electron chi connectivity index (χ3n) is 4.27. The van der Waals surface area contributed by atoms with E-state index in [1.165, 1.54) is 23.5 Å². The number of hydrogen-bond donors (Lipinski definition) is 1. The maximum atomic E-state index is 13.3. The van der Waals surface area contributed by atoms with Crippen LogP contribution >= 0.6 is 11.3 Å². The van der Waals surface area contributed by atoms with Crippen molar-refractivity contribution in [3.63, 3.8) is 0 Å².